The molecule has 0 atom stereocenters. The minimum absolute atomic E-state index is 0. The highest BCUT2D eigenvalue weighted by Crippen LogP contribution is 2.35. The molecule has 0 heterocycles. The van der Waals surface area contributed by atoms with Gasteiger partial charge in [-0.15, -0.1) is 24.8 Å². The third kappa shape index (κ3) is 3.62. The Hall–Kier alpha value is 0.500. The summed E-state index contributed by atoms with van der Waals surface area (Å²) in [6, 6.07) is 0. The monoisotopic (exact) mass is 228 g/mol. The van der Waals surface area contributed by atoms with Gasteiger partial charge < -0.3 is 10.6 Å². The van der Waals surface area contributed by atoms with Gasteiger partial charge in [0.15, 0.2) is 0 Å². The molecule has 82 valence electrons. The fourth-order valence-corrected chi connectivity index (χ4v) is 2.22. The minimum Gasteiger partial charge on any atom is -0.330 e. The molecular formula is C9H22Cl2N2. The van der Waals surface area contributed by atoms with Crippen LogP contribution in [0.1, 0.15) is 32.1 Å². The lowest BCUT2D eigenvalue weighted by molar-refractivity contribution is 0.148. The first-order valence-corrected chi connectivity index (χ1v) is 4.59. The van der Waals surface area contributed by atoms with Crippen molar-refractivity contribution in [3.8, 4) is 0 Å². The van der Waals surface area contributed by atoms with Crippen molar-refractivity contribution >= 4 is 24.8 Å². The van der Waals surface area contributed by atoms with Gasteiger partial charge in [-0.2, -0.15) is 0 Å². The summed E-state index contributed by atoms with van der Waals surface area (Å²) >= 11 is 0. The lowest BCUT2D eigenvalue weighted by Crippen LogP contribution is -2.43. The molecule has 1 rings (SSSR count). The molecule has 2 N–H and O–H groups in total. The Morgan fingerprint density at radius 3 is 1.92 bits per heavy atom. The summed E-state index contributed by atoms with van der Waals surface area (Å²) in [4.78, 5) is 2.37. The maximum absolute atomic E-state index is 5.60. The maximum atomic E-state index is 5.60. The smallest absolute Gasteiger partial charge is 0.0215 e. The van der Waals surface area contributed by atoms with Gasteiger partial charge >= 0.3 is 0 Å². The summed E-state index contributed by atoms with van der Waals surface area (Å²) in [6.07, 6.45) is 6.63. The second kappa shape index (κ2) is 6.88. The zero-order valence-corrected chi connectivity index (χ0v) is 10.2. The van der Waals surface area contributed by atoms with E-state index in [4.69, 9.17) is 5.73 Å². The highest BCUT2D eigenvalue weighted by Gasteiger charge is 2.34. The van der Waals surface area contributed by atoms with Gasteiger partial charge in [0.2, 0.25) is 0 Å². The van der Waals surface area contributed by atoms with Crippen LogP contribution in [-0.4, -0.2) is 31.1 Å². The standard InChI is InChI=1S/C9H20N2.2ClH/c1-11(2)9(7-8-10)5-3-4-6-9;;/h3-8,10H2,1-2H3;2*1H. The van der Waals surface area contributed by atoms with Crippen molar-refractivity contribution in [2.45, 2.75) is 37.6 Å². The zero-order chi connectivity index (χ0) is 8.32. The molecular weight excluding hydrogens is 207 g/mol. The number of nitrogens with zero attached hydrogens (tertiary/aromatic N) is 1. The van der Waals surface area contributed by atoms with Gasteiger partial charge in [0.1, 0.15) is 0 Å². The van der Waals surface area contributed by atoms with E-state index in [1.807, 2.05) is 0 Å². The summed E-state index contributed by atoms with van der Waals surface area (Å²) in [7, 11) is 4.36. The first kappa shape index (κ1) is 15.9. The molecule has 0 bridgehead atoms. The van der Waals surface area contributed by atoms with Crippen LogP contribution in [0.2, 0.25) is 0 Å². The van der Waals surface area contributed by atoms with Crippen LogP contribution in [-0.2, 0) is 0 Å². The van der Waals surface area contributed by atoms with E-state index >= 15 is 0 Å². The Balaban J connectivity index is 0. The molecule has 0 unspecified atom stereocenters. The summed E-state index contributed by atoms with van der Waals surface area (Å²) in [5.41, 5.74) is 6.06. The van der Waals surface area contributed by atoms with Crippen molar-refractivity contribution in [2.24, 2.45) is 5.73 Å². The number of hydrogen-bond donors (Lipinski definition) is 1. The van der Waals surface area contributed by atoms with Crippen molar-refractivity contribution < 1.29 is 0 Å². The maximum Gasteiger partial charge on any atom is 0.0215 e. The second-order valence-corrected chi connectivity index (χ2v) is 3.86. The normalized spacial score (nSPS) is 19.4. The topological polar surface area (TPSA) is 29.3 Å². The van der Waals surface area contributed by atoms with E-state index in [0.29, 0.717) is 5.54 Å². The molecule has 0 aromatic carbocycles. The van der Waals surface area contributed by atoms with Crippen molar-refractivity contribution in [3.63, 3.8) is 0 Å². The molecule has 0 spiro atoms. The van der Waals surface area contributed by atoms with Gasteiger partial charge in [0.25, 0.3) is 0 Å². The first-order chi connectivity index (χ1) is 5.21. The average molecular weight is 229 g/mol. The molecule has 2 nitrogen and oxygen atoms in total. The molecule has 13 heavy (non-hydrogen) atoms. The Morgan fingerprint density at radius 1 is 1.15 bits per heavy atom. The van der Waals surface area contributed by atoms with E-state index in [2.05, 4.69) is 19.0 Å². The zero-order valence-electron chi connectivity index (χ0n) is 8.58. The van der Waals surface area contributed by atoms with Crippen molar-refractivity contribution in [2.75, 3.05) is 20.6 Å². The van der Waals surface area contributed by atoms with Crippen molar-refractivity contribution in [3.05, 3.63) is 0 Å². The van der Waals surface area contributed by atoms with Gasteiger partial charge in [-0.05, 0) is 39.9 Å². The Morgan fingerprint density at radius 2 is 1.62 bits per heavy atom. The molecule has 0 amide bonds. The Bertz CT molecular complexity index is 123. The lowest BCUT2D eigenvalue weighted by atomic mass is 9.92. The summed E-state index contributed by atoms with van der Waals surface area (Å²) in [5, 5.41) is 0. The highest BCUT2D eigenvalue weighted by atomic mass is 35.5. The quantitative estimate of drug-likeness (QED) is 0.802. The summed E-state index contributed by atoms with van der Waals surface area (Å²) in [6.45, 7) is 0.832. The van der Waals surface area contributed by atoms with Crippen LogP contribution >= 0.6 is 24.8 Å². The average Bonchev–Trinajstić information content (AvgIpc) is 2.38. The predicted molar refractivity (Wildman–Crippen MR) is 63.1 cm³/mol. The summed E-state index contributed by atoms with van der Waals surface area (Å²) < 4.78 is 0. The first-order valence-electron chi connectivity index (χ1n) is 4.59. The molecule has 4 heteroatoms. The molecule has 1 fully saturated rings. The molecule has 0 aromatic heterocycles. The molecule has 0 aliphatic heterocycles. The van der Waals surface area contributed by atoms with Crippen LogP contribution in [0.25, 0.3) is 0 Å². The third-order valence-corrected chi connectivity index (χ3v) is 3.09. The predicted octanol–water partition coefficient (Wildman–Crippen LogP) is 2.05. The van der Waals surface area contributed by atoms with E-state index < -0.39 is 0 Å². The molecule has 1 aliphatic carbocycles. The van der Waals surface area contributed by atoms with E-state index in [0.717, 1.165) is 6.54 Å². The van der Waals surface area contributed by atoms with E-state index in [1.165, 1.54) is 32.1 Å². The molecule has 0 saturated heterocycles. The molecule has 0 radical (unpaired) electrons. The Kier molecular flexibility index (Phi) is 8.44. The number of rotatable bonds is 3. The number of hydrogen-bond acceptors (Lipinski definition) is 2. The Labute approximate surface area is 94.1 Å². The van der Waals surface area contributed by atoms with E-state index in [1.54, 1.807) is 0 Å². The molecule has 1 aliphatic rings. The third-order valence-electron chi connectivity index (χ3n) is 3.09. The molecule has 0 aromatic rings. The van der Waals surface area contributed by atoms with Crippen LogP contribution in [0.15, 0.2) is 0 Å². The van der Waals surface area contributed by atoms with Crippen LogP contribution in [0, 0.1) is 0 Å². The van der Waals surface area contributed by atoms with Crippen molar-refractivity contribution in [1.29, 1.82) is 0 Å². The van der Waals surface area contributed by atoms with E-state index in [9.17, 15) is 0 Å². The van der Waals surface area contributed by atoms with Gasteiger partial charge in [-0.1, -0.05) is 12.8 Å². The molecule has 1 saturated carbocycles. The number of halogens is 2. The van der Waals surface area contributed by atoms with Gasteiger partial charge in [0, 0.05) is 5.54 Å². The van der Waals surface area contributed by atoms with Crippen molar-refractivity contribution in [1.82, 2.24) is 4.90 Å². The number of nitrogens with two attached hydrogens (primary N) is 1. The highest BCUT2D eigenvalue weighted by molar-refractivity contribution is 5.85. The van der Waals surface area contributed by atoms with Gasteiger partial charge in [0.05, 0.1) is 0 Å². The minimum atomic E-state index is 0. The van der Waals surface area contributed by atoms with Crippen LogP contribution in [0.3, 0.4) is 0 Å². The SMILES string of the molecule is CN(C)C1(CCN)CCCC1.Cl.Cl. The van der Waals surface area contributed by atoms with E-state index in [-0.39, 0.29) is 24.8 Å². The second-order valence-electron chi connectivity index (χ2n) is 3.86. The van der Waals surface area contributed by atoms with Crippen LogP contribution in [0.4, 0.5) is 0 Å². The fraction of sp³-hybridized carbons (Fsp3) is 1.00. The van der Waals surface area contributed by atoms with Gasteiger partial charge in [-0.25, -0.2) is 0 Å². The fourth-order valence-electron chi connectivity index (χ4n) is 2.22. The van der Waals surface area contributed by atoms with Crippen LogP contribution < -0.4 is 5.73 Å². The summed E-state index contributed by atoms with van der Waals surface area (Å²) in [5.74, 6) is 0. The van der Waals surface area contributed by atoms with Crippen LogP contribution in [0.5, 0.6) is 0 Å². The largest absolute Gasteiger partial charge is 0.330 e. The lowest BCUT2D eigenvalue weighted by Gasteiger charge is -2.36. The van der Waals surface area contributed by atoms with Gasteiger partial charge in [-0.3, -0.25) is 0 Å².